The monoisotopic (exact) mass is 170 g/mol. The maximum absolute atomic E-state index is 4.11. The van der Waals surface area contributed by atoms with Crippen LogP contribution in [0.25, 0.3) is 0 Å². The molecule has 0 bridgehead atoms. The smallest absolute Gasteiger partial charge is 0.112 e. The number of hydrogen-bond donors (Lipinski definition) is 0. The lowest BCUT2D eigenvalue weighted by Gasteiger charge is -1.87. The number of allylic oxidation sites excluding steroid dienone is 3. The van der Waals surface area contributed by atoms with Gasteiger partial charge in [-0.25, -0.2) is 4.98 Å². The van der Waals surface area contributed by atoms with E-state index in [2.05, 4.69) is 28.7 Å². The van der Waals surface area contributed by atoms with E-state index in [0.717, 1.165) is 5.69 Å². The number of nitrogens with zero attached hydrogens (tertiary/aromatic N) is 2. The molecule has 0 aromatic carbocycles. The van der Waals surface area contributed by atoms with Crippen molar-refractivity contribution in [1.29, 1.82) is 0 Å². The molecule has 0 saturated heterocycles. The van der Waals surface area contributed by atoms with Gasteiger partial charge in [-0.2, -0.15) is 0 Å². The maximum Gasteiger partial charge on any atom is 0.112 e. The van der Waals surface area contributed by atoms with Crippen molar-refractivity contribution in [3.63, 3.8) is 0 Å². The standard InChI is InChI=1S/C11H10N2/c1-2-3-5-8-12-10-11-7-4-6-9-13-11/h2-3,5-6,8-9H,1,10H2/b5-3-,12-8-. The van der Waals surface area contributed by atoms with Crippen molar-refractivity contribution >= 4 is 6.21 Å². The van der Waals surface area contributed by atoms with E-state index in [4.69, 9.17) is 0 Å². The first-order chi connectivity index (χ1) is 6.43. The third kappa shape index (κ3) is 3.88. The summed E-state index contributed by atoms with van der Waals surface area (Å²) in [7, 11) is 0. The van der Waals surface area contributed by atoms with Crippen LogP contribution in [0.4, 0.5) is 0 Å². The highest BCUT2D eigenvalue weighted by Crippen LogP contribution is 1.89. The molecule has 1 heterocycles. The van der Waals surface area contributed by atoms with Crippen LogP contribution >= 0.6 is 0 Å². The molecule has 64 valence electrons. The van der Waals surface area contributed by atoms with E-state index in [0.29, 0.717) is 6.54 Å². The first-order valence-electron chi connectivity index (χ1n) is 3.94. The second-order valence-electron chi connectivity index (χ2n) is 2.27. The highest BCUT2D eigenvalue weighted by atomic mass is 14.8. The molecule has 0 atom stereocenters. The average molecular weight is 170 g/mol. The molecule has 1 aromatic rings. The molecule has 0 unspecified atom stereocenters. The molecule has 0 N–H and O–H groups in total. The molecular weight excluding hydrogens is 160 g/mol. The Labute approximate surface area is 78.4 Å². The van der Waals surface area contributed by atoms with Gasteiger partial charge in [0.05, 0.1) is 6.54 Å². The van der Waals surface area contributed by atoms with Gasteiger partial charge in [-0.05, 0) is 12.1 Å². The van der Waals surface area contributed by atoms with E-state index in [1.54, 1.807) is 24.6 Å². The van der Waals surface area contributed by atoms with Gasteiger partial charge in [0, 0.05) is 18.5 Å². The molecule has 1 aromatic heterocycles. The van der Waals surface area contributed by atoms with E-state index in [9.17, 15) is 0 Å². The van der Waals surface area contributed by atoms with Crippen molar-refractivity contribution in [3.8, 4) is 0 Å². The molecule has 0 aliphatic rings. The lowest BCUT2D eigenvalue weighted by molar-refractivity contribution is 0.999. The topological polar surface area (TPSA) is 25.2 Å². The van der Waals surface area contributed by atoms with E-state index >= 15 is 0 Å². The minimum Gasteiger partial charge on any atom is -0.286 e. The van der Waals surface area contributed by atoms with Gasteiger partial charge in [-0.1, -0.05) is 24.8 Å². The Morgan fingerprint density at radius 2 is 2.46 bits per heavy atom. The number of aliphatic imine (C=N–C) groups is 1. The first kappa shape index (κ1) is 9.21. The molecule has 0 fully saturated rings. The first-order valence-corrected chi connectivity index (χ1v) is 3.94. The summed E-state index contributed by atoms with van der Waals surface area (Å²) in [6.07, 6.45) is 8.73. The summed E-state index contributed by atoms with van der Waals surface area (Å²) >= 11 is 0. The average Bonchev–Trinajstić information content (AvgIpc) is 2.19. The van der Waals surface area contributed by atoms with Crippen LogP contribution in [0.2, 0.25) is 0 Å². The van der Waals surface area contributed by atoms with Crippen LogP contribution in [0.3, 0.4) is 0 Å². The zero-order chi connectivity index (χ0) is 9.36. The summed E-state index contributed by atoms with van der Waals surface area (Å²) in [4.78, 5) is 8.16. The minimum atomic E-state index is 0.540. The van der Waals surface area contributed by atoms with Crippen LogP contribution in [-0.2, 0) is 6.54 Å². The Bertz CT molecular complexity index is 299. The van der Waals surface area contributed by atoms with Crippen LogP contribution in [-0.4, -0.2) is 11.2 Å². The zero-order valence-electron chi connectivity index (χ0n) is 7.27. The lowest BCUT2D eigenvalue weighted by Crippen LogP contribution is -1.83. The highest BCUT2D eigenvalue weighted by molar-refractivity contribution is 5.71. The normalized spacial score (nSPS) is 10.5. The van der Waals surface area contributed by atoms with E-state index < -0.39 is 0 Å². The van der Waals surface area contributed by atoms with E-state index in [1.165, 1.54) is 0 Å². The molecule has 2 heteroatoms. The summed E-state index contributed by atoms with van der Waals surface area (Å²) in [5, 5.41) is 0. The molecule has 0 radical (unpaired) electrons. The van der Waals surface area contributed by atoms with Gasteiger partial charge in [0.15, 0.2) is 0 Å². The predicted octanol–water partition coefficient (Wildman–Crippen LogP) is 1.99. The summed E-state index contributed by atoms with van der Waals surface area (Å²) < 4.78 is 0. The zero-order valence-corrected chi connectivity index (χ0v) is 7.27. The van der Waals surface area contributed by atoms with Crippen molar-refractivity contribution in [2.45, 2.75) is 6.54 Å². The van der Waals surface area contributed by atoms with Crippen molar-refractivity contribution in [1.82, 2.24) is 4.98 Å². The fourth-order valence-electron chi connectivity index (χ4n) is 0.730. The fraction of sp³-hybridized carbons (Fsp3) is 0.0909. The summed E-state index contributed by atoms with van der Waals surface area (Å²) in [6, 6.07) is 7.40. The third-order valence-corrected chi connectivity index (χ3v) is 1.28. The van der Waals surface area contributed by atoms with Crippen LogP contribution < -0.4 is 0 Å². The van der Waals surface area contributed by atoms with Gasteiger partial charge >= 0.3 is 0 Å². The molecule has 1 rings (SSSR count). The number of aromatic nitrogens is 1. The SMILES string of the molecule is C=C/C=C\C=N/Cc1c#cccn1. The molecule has 13 heavy (non-hydrogen) atoms. The van der Waals surface area contributed by atoms with E-state index in [-0.39, 0.29) is 0 Å². The van der Waals surface area contributed by atoms with E-state index in [1.807, 2.05) is 12.2 Å². The van der Waals surface area contributed by atoms with Crippen LogP contribution in [0.1, 0.15) is 5.69 Å². The lowest BCUT2D eigenvalue weighted by atomic mass is 10.4. The van der Waals surface area contributed by atoms with Gasteiger partial charge in [0.1, 0.15) is 5.69 Å². The summed E-state index contributed by atoms with van der Waals surface area (Å²) in [5.41, 5.74) is 0.797. The maximum atomic E-state index is 4.11. The second-order valence-corrected chi connectivity index (χ2v) is 2.27. The molecule has 0 aliphatic heterocycles. The summed E-state index contributed by atoms with van der Waals surface area (Å²) in [6.45, 7) is 4.08. The molecule has 0 spiro atoms. The Balaban J connectivity index is 2.39. The van der Waals surface area contributed by atoms with Crippen LogP contribution in [0.5, 0.6) is 0 Å². The number of rotatable bonds is 4. The van der Waals surface area contributed by atoms with Gasteiger partial charge in [0.2, 0.25) is 0 Å². The van der Waals surface area contributed by atoms with Gasteiger partial charge < -0.3 is 0 Å². The Kier molecular flexibility index (Phi) is 4.06. The predicted molar refractivity (Wildman–Crippen MR) is 53.4 cm³/mol. The van der Waals surface area contributed by atoms with Gasteiger partial charge in [-0.3, -0.25) is 4.99 Å². The van der Waals surface area contributed by atoms with Crippen molar-refractivity contribution in [2.75, 3.05) is 0 Å². The van der Waals surface area contributed by atoms with Gasteiger partial charge in [0.25, 0.3) is 0 Å². The highest BCUT2D eigenvalue weighted by Gasteiger charge is 1.84. The largest absolute Gasteiger partial charge is 0.286 e. The Morgan fingerprint density at radius 1 is 1.54 bits per heavy atom. The third-order valence-electron chi connectivity index (χ3n) is 1.28. The van der Waals surface area contributed by atoms with Crippen LogP contribution in [0, 0.1) is 12.1 Å². The quantitative estimate of drug-likeness (QED) is 0.501. The Morgan fingerprint density at radius 3 is 3.15 bits per heavy atom. The van der Waals surface area contributed by atoms with Crippen LogP contribution in [0.15, 0.2) is 42.1 Å². The molecule has 0 amide bonds. The summed E-state index contributed by atoms with van der Waals surface area (Å²) in [5.74, 6) is 0. The molecule has 0 saturated carbocycles. The van der Waals surface area contributed by atoms with Crippen molar-refractivity contribution < 1.29 is 0 Å². The minimum absolute atomic E-state index is 0.540. The second kappa shape index (κ2) is 5.73. The molecule has 2 nitrogen and oxygen atoms in total. The molecule has 0 aliphatic carbocycles. The number of hydrogen-bond acceptors (Lipinski definition) is 2. The fourth-order valence-corrected chi connectivity index (χ4v) is 0.730. The van der Waals surface area contributed by atoms with Crippen molar-refractivity contribution in [2.24, 2.45) is 4.99 Å². The van der Waals surface area contributed by atoms with Gasteiger partial charge in [-0.15, -0.1) is 0 Å². The van der Waals surface area contributed by atoms with Crippen molar-refractivity contribution in [3.05, 3.63) is 54.9 Å². The Hall–Kier alpha value is -1.88. The molecular formula is C11H10N2.